The molecule has 0 spiro atoms. The first-order chi connectivity index (χ1) is 14.2. The van der Waals surface area contributed by atoms with Crippen LogP contribution in [-0.4, -0.2) is 27.2 Å². The van der Waals surface area contributed by atoms with Gasteiger partial charge in [-0.3, -0.25) is 0 Å². The minimum absolute atomic E-state index is 0.207. The lowest BCUT2D eigenvalue weighted by molar-refractivity contribution is 0.415. The van der Waals surface area contributed by atoms with E-state index in [1.807, 2.05) is 54.7 Å². The molecule has 5 rings (SSSR count). The van der Waals surface area contributed by atoms with Crippen molar-refractivity contribution in [1.82, 2.24) is 15.0 Å². The van der Waals surface area contributed by atoms with Gasteiger partial charge in [0.25, 0.3) is 0 Å². The fourth-order valence-corrected chi connectivity index (χ4v) is 3.59. The Morgan fingerprint density at radius 3 is 2.52 bits per heavy atom. The molecule has 5 heteroatoms. The van der Waals surface area contributed by atoms with Gasteiger partial charge in [-0.15, -0.1) is 0 Å². The smallest absolute Gasteiger partial charge is 0.138 e. The van der Waals surface area contributed by atoms with Crippen molar-refractivity contribution < 1.29 is 9.84 Å². The second-order valence-electron chi connectivity index (χ2n) is 6.84. The fraction of sp³-hybridized carbons (Fsp3) is 0.0417. The van der Waals surface area contributed by atoms with Gasteiger partial charge in [0.2, 0.25) is 0 Å². The first kappa shape index (κ1) is 17.1. The Labute approximate surface area is 167 Å². The van der Waals surface area contributed by atoms with Crippen molar-refractivity contribution in [2.75, 3.05) is 7.11 Å². The van der Waals surface area contributed by atoms with Crippen molar-refractivity contribution in [1.29, 1.82) is 0 Å². The quantitative estimate of drug-likeness (QED) is 0.379. The van der Waals surface area contributed by atoms with E-state index in [0.717, 1.165) is 44.7 Å². The third-order valence-corrected chi connectivity index (χ3v) is 5.05. The highest BCUT2D eigenvalue weighted by Crippen LogP contribution is 2.37. The zero-order valence-electron chi connectivity index (χ0n) is 15.8. The number of nitrogens with zero attached hydrogens (tertiary/aromatic N) is 1. The summed E-state index contributed by atoms with van der Waals surface area (Å²) in [5, 5.41) is 11.0. The second kappa shape index (κ2) is 6.87. The summed E-state index contributed by atoms with van der Waals surface area (Å²) in [5.74, 6) is 1.71. The van der Waals surface area contributed by atoms with Crippen molar-refractivity contribution in [2.45, 2.75) is 0 Å². The molecule has 29 heavy (non-hydrogen) atoms. The van der Waals surface area contributed by atoms with Crippen molar-refractivity contribution >= 4 is 10.9 Å². The highest BCUT2D eigenvalue weighted by molar-refractivity contribution is 5.98. The lowest BCUT2D eigenvalue weighted by Crippen LogP contribution is -1.85. The molecule has 142 valence electrons. The van der Waals surface area contributed by atoms with Gasteiger partial charge in [-0.2, -0.15) is 0 Å². The average molecular weight is 381 g/mol. The fourth-order valence-electron chi connectivity index (χ4n) is 3.59. The molecular weight excluding hydrogens is 362 g/mol. The number of imidazole rings is 1. The molecule has 0 atom stereocenters. The zero-order chi connectivity index (χ0) is 19.8. The first-order valence-electron chi connectivity index (χ1n) is 9.33. The van der Waals surface area contributed by atoms with Crippen LogP contribution in [0.1, 0.15) is 0 Å². The summed E-state index contributed by atoms with van der Waals surface area (Å²) in [5.41, 5.74) is 5.68. The van der Waals surface area contributed by atoms with Gasteiger partial charge in [-0.25, -0.2) is 4.98 Å². The molecule has 0 fully saturated rings. The molecule has 0 saturated carbocycles. The van der Waals surface area contributed by atoms with Crippen LogP contribution in [0.4, 0.5) is 0 Å². The predicted octanol–water partition coefficient (Wildman–Crippen LogP) is 5.61. The highest BCUT2D eigenvalue weighted by Gasteiger charge is 2.18. The van der Waals surface area contributed by atoms with Crippen molar-refractivity contribution in [3.8, 4) is 45.4 Å². The molecule has 0 aliphatic rings. The van der Waals surface area contributed by atoms with Crippen LogP contribution in [0.15, 0.2) is 79.0 Å². The standard InChI is InChI=1S/C24H19N3O2/c1-29-18-11-9-15(10-12-18)22-23(20-14-25-21-8-3-2-7-19(20)21)27-24(26-22)16-5-4-6-17(28)13-16/h2-14,25,28H,1H3,(H,26,27). The number of aromatic nitrogens is 3. The van der Waals surface area contributed by atoms with Gasteiger partial charge in [-0.1, -0.05) is 30.3 Å². The van der Waals surface area contributed by atoms with E-state index in [-0.39, 0.29) is 5.75 Å². The number of methoxy groups -OCH3 is 1. The topological polar surface area (TPSA) is 73.9 Å². The van der Waals surface area contributed by atoms with Crippen molar-refractivity contribution in [3.63, 3.8) is 0 Å². The van der Waals surface area contributed by atoms with E-state index in [0.29, 0.717) is 5.82 Å². The Balaban J connectivity index is 1.73. The van der Waals surface area contributed by atoms with Gasteiger partial charge in [0, 0.05) is 33.8 Å². The summed E-state index contributed by atoms with van der Waals surface area (Å²) in [4.78, 5) is 11.7. The molecule has 0 unspecified atom stereocenters. The number of benzene rings is 3. The van der Waals surface area contributed by atoms with E-state index in [1.165, 1.54) is 0 Å². The van der Waals surface area contributed by atoms with E-state index >= 15 is 0 Å². The minimum atomic E-state index is 0.207. The van der Waals surface area contributed by atoms with Crippen molar-refractivity contribution in [2.24, 2.45) is 0 Å². The summed E-state index contributed by atoms with van der Waals surface area (Å²) in [6.45, 7) is 0. The highest BCUT2D eigenvalue weighted by atomic mass is 16.5. The summed E-state index contributed by atoms with van der Waals surface area (Å²) >= 11 is 0. The summed E-state index contributed by atoms with van der Waals surface area (Å²) in [7, 11) is 1.65. The van der Waals surface area contributed by atoms with Gasteiger partial charge >= 0.3 is 0 Å². The van der Waals surface area contributed by atoms with E-state index in [4.69, 9.17) is 9.72 Å². The van der Waals surface area contributed by atoms with Gasteiger partial charge in [0.05, 0.1) is 18.5 Å². The Kier molecular flexibility index (Phi) is 4.06. The number of phenolic OH excluding ortho intramolecular Hbond substituents is 1. The maximum absolute atomic E-state index is 9.89. The molecule has 3 N–H and O–H groups in total. The molecule has 2 aromatic heterocycles. The largest absolute Gasteiger partial charge is 0.508 e. The Morgan fingerprint density at radius 2 is 1.72 bits per heavy atom. The normalized spacial score (nSPS) is 11.1. The van der Waals surface area contributed by atoms with Gasteiger partial charge in [0.1, 0.15) is 17.3 Å². The monoisotopic (exact) mass is 381 g/mol. The SMILES string of the molecule is COc1ccc(-c2nc(-c3cccc(O)c3)[nH]c2-c2c[nH]c3ccccc23)cc1. The number of hydrogen-bond acceptors (Lipinski definition) is 3. The van der Waals surface area contributed by atoms with Crippen LogP contribution in [-0.2, 0) is 0 Å². The number of ether oxygens (including phenoxy) is 1. The lowest BCUT2D eigenvalue weighted by Gasteiger charge is -2.04. The molecule has 0 amide bonds. The Hall–Kier alpha value is -3.99. The number of nitrogens with one attached hydrogen (secondary N) is 2. The van der Waals surface area contributed by atoms with Crippen LogP contribution in [0.5, 0.6) is 11.5 Å². The molecule has 3 aromatic carbocycles. The summed E-state index contributed by atoms with van der Waals surface area (Å²) < 4.78 is 5.29. The van der Waals surface area contributed by atoms with Crippen LogP contribution in [0.2, 0.25) is 0 Å². The van der Waals surface area contributed by atoms with Crippen LogP contribution in [0, 0.1) is 0 Å². The average Bonchev–Trinajstić information content (AvgIpc) is 3.38. The zero-order valence-corrected chi connectivity index (χ0v) is 15.8. The lowest BCUT2D eigenvalue weighted by atomic mass is 10.0. The van der Waals surface area contributed by atoms with Crippen LogP contribution < -0.4 is 4.74 Å². The maximum atomic E-state index is 9.89. The number of para-hydroxylation sites is 1. The number of rotatable bonds is 4. The third-order valence-electron chi connectivity index (χ3n) is 5.05. The minimum Gasteiger partial charge on any atom is -0.508 e. The number of fused-ring (bicyclic) bond motifs is 1. The number of aromatic hydroxyl groups is 1. The molecular formula is C24H19N3O2. The van der Waals surface area contributed by atoms with Crippen LogP contribution >= 0.6 is 0 Å². The molecule has 0 aliphatic carbocycles. The molecule has 0 saturated heterocycles. The third kappa shape index (κ3) is 3.02. The van der Waals surface area contributed by atoms with Gasteiger partial charge < -0.3 is 19.8 Å². The van der Waals surface area contributed by atoms with Crippen LogP contribution in [0.3, 0.4) is 0 Å². The molecule has 0 bridgehead atoms. The Morgan fingerprint density at radius 1 is 0.897 bits per heavy atom. The second-order valence-corrected chi connectivity index (χ2v) is 6.84. The summed E-state index contributed by atoms with van der Waals surface area (Å²) in [6.07, 6.45) is 2.00. The molecule has 5 aromatic rings. The predicted molar refractivity (Wildman–Crippen MR) is 115 cm³/mol. The maximum Gasteiger partial charge on any atom is 0.138 e. The van der Waals surface area contributed by atoms with Gasteiger partial charge in [0.15, 0.2) is 0 Å². The number of aromatic amines is 2. The first-order valence-corrected chi connectivity index (χ1v) is 9.33. The van der Waals surface area contributed by atoms with Gasteiger partial charge in [-0.05, 0) is 42.5 Å². The molecule has 0 aliphatic heterocycles. The van der Waals surface area contributed by atoms with E-state index in [1.54, 1.807) is 19.2 Å². The van der Waals surface area contributed by atoms with Crippen LogP contribution in [0.25, 0.3) is 44.8 Å². The molecule has 2 heterocycles. The molecule has 5 nitrogen and oxygen atoms in total. The number of hydrogen-bond donors (Lipinski definition) is 3. The Bertz CT molecular complexity index is 1300. The summed E-state index contributed by atoms with van der Waals surface area (Å²) in [6, 6.07) is 23.1. The number of phenols is 1. The van der Waals surface area contributed by atoms with E-state index in [9.17, 15) is 5.11 Å². The van der Waals surface area contributed by atoms with E-state index in [2.05, 4.69) is 22.1 Å². The van der Waals surface area contributed by atoms with E-state index < -0.39 is 0 Å². The molecule has 0 radical (unpaired) electrons. The number of H-pyrrole nitrogens is 2. The van der Waals surface area contributed by atoms with Crippen molar-refractivity contribution in [3.05, 3.63) is 79.0 Å².